The van der Waals surface area contributed by atoms with Crippen molar-refractivity contribution in [1.29, 1.82) is 0 Å². The van der Waals surface area contributed by atoms with Crippen LogP contribution in [0.4, 0.5) is 5.82 Å². The van der Waals surface area contributed by atoms with Crippen molar-refractivity contribution >= 4 is 11.7 Å². The van der Waals surface area contributed by atoms with Gasteiger partial charge in [0.1, 0.15) is 11.6 Å². The molecule has 0 aliphatic carbocycles. The number of piperidine rings is 1. The Balaban J connectivity index is 1.39. The van der Waals surface area contributed by atoms with Gasteiger partial charge in [-0.05, 0) is 40.2 Å². The van der Waals surface area contributed by atoms with E-state index in [9.17, 15) is 4.79 Å². The number of nitrogens with zero attached hydrogens (tertiary/aromatic N) is 5. The third kappa shape index (κ3) is 5.86. The topological polar surface area (TPSA) is 90.6 Å². The van der Waals surface area contributed by atoms with Gasteiger partial charge in [0, 0.05) is 63.6 Å². The van der Waals surface area contributed by atoms with Crippen LogP contribution in [0.25, 0.3) is 0 Å². The zero-order valence-electron chi connectivity index (χ0n) is 17.5. The van der Waals surface area contributed by atoms with Crippen molar-refractivity contribution in [1.82, 2.24) is 25.1 Å². The van der Waals surface area contributed by atoms with Gasteiger partial charge in [-0.3, -0.25) is 4.79 Å². The van der Waals surface area contributed by atoms with E-state index in [2.05, 4.69) is 37.0 Å². The molecule has 2 fully saturated rings. The number of carbonyl (C=O) groups is 1. The number of rotatable bonds is 6. The summed E-state index contributed by atoms with van der Waals surface area (Å²) in [5.41, 5.74) is 7.14. The molecular formula is C20H35N7O. The lowest BCUT2D eigenvalue weighted by molar-refractivity contribution is -0.123. The van der Waals surface area contributed by atoms with Crippen LogP contribution in [0.5, 0.6) is 0 Å². The number of amides is 1. The molecule has 3 N–H and O–H groups in total. The first-order valence-electron chi connectivity index (χ1n) is 10.4. The fourth-order valence-corrected chi connectivity index (χ4v) is 3.94. The van der Waals surface area contributed by atoms with Gasteiger partial charge in [-0.2, -0.15) is 0 Å². The summed E-state index contributed by atoms with van der Waals surface area (Å²) >= 11 is 0. The van der Waals surface area contributed by atoms with Crippen LogP contribution in [0.2, 0.25) is 0 Å². The van der Waals surface area contributed by atoms with Crippen molar-refractivity contribution in [2.45, 2.75) is 45.2 Å². The minimum atomic E-state index is -0.426. The van der Waals surface area contributed by atoms with Crippen LogP contribution < -0.4 is 16.0 Å². The molecule has 156 valence electrons. The molecule has 2 aliphatic rings. The second-order valence-electron chi connectivity index (χ2n) is 8.22. The summed E-state index contributed by atoms with van der Waals surface area (Å²) < 4.78 is 0. The minimum absolute atomic E-state index is 0.0127. The molecule has 8 nitrogen and oxygen atoms in total. The van der Waals surface area contributed by atoms with Crippen molar-refractivity contribution in [3.05, 3.63) is 17.6 Å². The smallest absolute Gasteiger partial charge is 0.237 e. The number of nitrogens with two attached hydrogens (primary N) is 1. The summed E-state index contributed by atoms with van der Waals surface area (Å²) in [6.45, 7) is 10.9. The lowest BCUT2D eigenvalue weighted by atomic mass is 10.0. The number of piperazine rings is 1. The molecule has 28 heavy (non-hydrogen) atoms. The van der Waals surface area contributed by atoms with Crippen LogP contribution >= 0.6 is 0 Å². The largest absolute Gasteiger partial charge is 0.356 e. The third-order valence-corrected chi connectivity index (χ3v) is 5.81. The number of nitrogens with one attached hydrogen (secondary N) is 1. The maximum Gasteiger partial charge on any atom is 0.237 e. The molecule has 3 heterocycles. The number of aromatic nitrogens is 2. The number of anilines is 1. The van der Waals surface area contributed by atoms with Gasteiger partial charge in [0.2, 0.25) is 5.91 Å². The molecule has 1 atom stereocenters. The van der Waals surface area contributed by atoms with Crippen molar-refractivity contribution in [3.8, 4) is 0 Å². The number of likely N-dealkylation sites (N-methyl/N-ethyl adjacent to an activating group) is 1. The first kappa shape index (κ1) is 21.0. The molecular weight excluding hydrogens is 354 g/mol. The number of carbonyl (C=O) groups excluding carboxylic acids is 1. The first-order chi connectivity index (χ1) is 13.4. The zero-order valence-corrected chi connectivity index (χ0v) is 17.5. The Labute approximate surface area is 168 Å². The molecule has 1 unspecified atom stereocenters. The van der Waals surface area contributed by atoms with Crippen LogP contribution in [0.15, 0.2) is 6.07 Å². The Morgan fingerprint density at radius 1 is 1.18 bits per heavy atom. The van der Waals surface area contributed by atoms with Gasteiger partial charge in [0.25, 0.3) is 0 Å². The van der Waals surface area contributed by atoms with E-state index in [1.165, 1.54) is 0 Å². The number of hydrogen-bond donors (Lipinski definition) is 2. The molecule has 3 rings (SSSR count). The van der Waals surface area contributed by atoms with Crippen molar-refractivity contribution < 1.29 is 4.79 Å². The maximum absolute atomic E-state index is 12.5. The highest BCUT2D eigenvalue weighted by atomic mass is 16.2. The average Bonchev–Trinajstić information content (AvgIpc) is 2.67. The van der Waals surface area contributed by atoms with E-state index in [0.717, 1.165) is 76.0 Å². The Morgan fingerprint density at radius 3 is 2.50 bits per heavy atom. The summed E-state index contributed by atoms with van der Waals surface area (Å²) in [6.07, 6.45) is 2.55. The van der Waals surface area contributed by atoms with Crippen molar-refractivity contribution in [2.24, 2.45) is 5.73 Å². The molecule has 2 saturated heterocycles. The van der Waals surface area contributed by atoms with Gasteiger partial charge in [0.05, 0.1) is 6.04 Å². The second-order valence-corrected chi connectivity index (χ2v) is 8.22. The van der Waals surface area contributed by atoms with Crippen LogP contribution in [-0.2, 0) is 4.79 Å². The Hall–Kier alpha value is -1.77. The van der Waals surface area contributed by atoms with Gasteiger partial charge < -0.3 is 25.8 Å². The van der Waals surface area contributed by atoms with Crippen molar-refractivity contribution in [3.63, 3.8) is 0 Å². The van der Waals surface area contributed by atoms with Crippen LogP contribution in [0, 0.1) is 13.8 Å². The van der Waals surface area contributed by atoms with Crippen molar-refractivity contribution in [2.75, 3.05) is 57.8 Å². The van der Waals surface area contributed by atoms with Crippen LogP contribution in [-0.4, -0.2) is 90.6 Å². The fourth-order valence-electron chi connectivity index (χ4n) is 3.94. The van der Waals surface area contributed by atoms with Crippen LogP contribution in [0.1, 0.15) is 30.8 Å². The third-order valence-electron chi connectivity index (χ3n) is 5.81. The molecule has 1 aromatic heterocycles. The molecule has 8 heteroatoms. The maximum atomic E-state index is 12.5. The lowest BCUT2D eigenvalue weighted by Crippen LogP contribution is -2.51. The summed E-state index contributed by atoms with van der Waals surface area (Å²) in [5, 5.41) is 3.16. The number of aryl methyl sites for hydroxylation is 2. The van der Waals surface area contributed by atoms with Gasteiger partial charge in [-0.1, -0.05) is 0 Å². The lowest BCUT2D eigenvalue weighted by Gasteiger charge is -2.34. The van der Waals surface area contributed by atoms with Gasteiger partial charge in [-0.25, -0.2) is 9.97 Å². The Morgan fingerprint density at radius 2 is 1.86 bits per heavy atom. The van der Waals surface area contributed by atoms with E-state index in [0.29, 0.717) is 6.42 Å². The quantitative estimate of drug-likeness (QED) is 0.715. The summed E-state index contributed by atoms with van der Waals surface area (Å²) in [5.74, 6) is 1.77. The Kier molecular flexibility index (Phi) is 7.20. The van der Waals surface area contributed by atoms with E-state index in [4.69, 9.17) is 5.73 Å². The van der Waals surface area contributed by atoms with Gasteiger partial charge in [0.15, 0.2) is 0 Å². The molecule has 0 spiro atoms. The molecule has 1 aromatic rings. The van der Waals surface area contributed by atoms with E-state index >= 15 is 0 Å². The molecule has 2 aliphatic heterocycles. The summed E-state index contributed by atoms with van der Waals surface area (Å²) in [6, 6.07) is 1.80. The zero-order chi connectivity index (χ0) is 20.1. The SMILES string of the molecule is Cc1cc(N2CCC(NC(=O)C(N)CCN3CCN(C)CC3)CC2)nc(C)n1. The highest BCUT2D eigenvalue weighted by Crippen LogP contribution is 2.19. The molecule has 0 aromatic carbocycles. The first-order valence-corrected chi connectivity index (χ1v) is 10.4. The molecule has 0 saturated carbocycles. The fraction of sp³-hybridized carbons (Fsp3) is 0.750. The van der Waals surface area contributed by atoms with Crippen LogP contribution in [0.3, 0.4) is 0 Å². The number of hydrogen-bond acceptors (Lipinski definition) is 7. The highest BCUT2D eigenvalue weighted by molar-refractivity contribution is 5.81. The highest BCUT2D eigenvalue weighted by Gasteiger charge is 2.24. The monoisotopic (exact) mass is 389 g/mol. The van der Waals surface area contributed by atoms with Gasteiger partial charge >= 0.3 is 0 Å². The minimum Gasteiger partial charge on any atom is -0.356 e. The summed E-state index contributed by atoms with van der Waals surface area (Å²) in [7, 11) is 2.15. The molecule has 0 bridgehead atoms. The average molecular weight is 390 g/mol. The standard InChI is InChI=1S/C20H35N7O/c1-15-14-19(23-16(2)22-15)27-8-4-17(5-9-27)24-20(28)18(21)6-7-26-12-10-25(3)11-13-26/h14,17-18H,4-13,21H2,1-3H3,(H,24,28). The second kappa shape index (κ2) is 9.62. The summed E-state index contributed by atoms with van der Waals surface area (Å²) in [4.78, 5) is 28.4. The predicted octanol–water partition coefficient (Wildman–Crippen LogP) is 0.143. The Bertz CT molecular complexity index is 632. The van der Waals surface area contributed by atoms with Gasteiger partial charge in [-0.15, -0.1) is 0 Å². The molecule has 0 radical (unpaired) electrons. The van der Waals surface area contributed by atoms with E-state index < -0.39 is 6.04 Å². The predicted molar refractivity (Wildman–Crippen MR) is 111 cm³/mol. The van der Waals surface area contributed by atoms with E-state index in [1.54, 1.807) is 0 Å². The van der Waals surface area contributed by atoms with E-state index in [-0.39, 0.29) is 11.9 Å². The van der Waals surface area contributed by atoms with E-state index in [1.807, 2.05) is 19.9 Å². The normalized spacial score (nSPS) is 20.9. The molecule has 1 amide bonds.